The third kappa shape index (κ3) is 7.53. The van der Waals surface area contributed by atoms with Gasteiger partial charge in [0.15, 0.2) is 12.8 Å². The Balaban J connectivity index is 2.52. The fourth-order valence-corrected chi connectivity index (χ4v) is 2.54. The van der Waals surface area contributed by atoms with Crippen molar-refractivity contribution in [2.24, 2.45) is 11.8 Å². The van der Waals surface area contributed by atoms with Gasteiger partial charge in [0.05, 0.1) is 0 Å². The first-order valence-electron chi connectivity index (χ1n) is 7.79. The third-order valence-corrected chi connectivity index (χ3v) is 4.00. The number of halogens is 3. The van der Waals surface area contributed by atoms with Crippen molar-refractivity contribution >= 4 is 6.21 Å². The van der Waals surface area contributed by atoms with Crippen LogP contribution in [0.3, 0.4) is 0 Å². The van der Waals surface area contributed by atoms with E-state index in [1.54, 1.807) is 6.08 Å². The molecule has 1 aliphatic rings. The molecule has 0 saturated carbocycles. The van der Waals surface area contributed by atoms with E-state index in [1.165, 1.54) is 12.8 Å². The second-order valence-electron chi connectivity index (χ2n) is 6.03. The van der Waals surface area contributed by atoms with Crippen LogP contribution in [0, 0.1) is 11.8 Å². The first-order chi connectivity index (χ1) is 9.81. The molecule has 1 rings (SSSR count). The van der Waals surface area contributed by atoms with Gasteiger partial charge in [-0.05, 0) is 5.92 Å². The number of allylic oxidation sites excluding steroid dienone is 2. The van der Waals surface area contributed by atoms with Crippen LogP contribution in [0.4, 0.5) is 13.2 Å². The maximum Gasteiger partial charge on any atom is 0.422 e. The highest BCUT2D eigenvalue weighted by Crippen LogP contribution is 2.20. The Kier molecular flexibility index (Phi) is 7.26. The fourth-order valence-electron chi connectivity index (χ4n) is 2.54. The van der Waals surface area contributed by atoms with Gasteiger partial charge in [-0.25, -0.2) is 4.58 Å². The standard InChI is InChI=1S/C16H27F3NO/c1-4-6-13(2)14(3)11-20-9-5-7-15(8-10-20)21-12-16(17,18)19/h8,10,13-14H,4-7,9,11-12H2,1-3H3/q+1. The van der Waals surface area contributed by atoms with Crippen LogP contribution in [0.5, 0.6) is 0 Å². The van der Waals surface area contributed by atoms with Gasteiger partial charge in [0.25, 0.3) is 0 Å². The molecule has 0 aromatic rings. The van der Waals surface area contributed by atoms with Crippen LogP contribution in [0.1, 0.15) is 46.5 Å². The van der Waals surface area contributed by atoms with Gasteiger partial charge in [-0.1, -0.05) is 33.6 Å². The second kappa shape index (κ2) is 8.44. The minimum atomic E-state index is -4.27. The summed E-state index contributed by atoms with van der Waals surface area (Å²) in [5.74, 6) is 1.67. The van der Waals surface area contributed by atoms with Crippen LogP contribution in [-0.4, -0.2) is 36.7 Å². The highest BCUT2D eigenvalue weighted by Gasteiger charge is 2.29. The Hall–Kier alpha value is -1.00. The predicted octanol–water partition coefficient (Wildman–Crippen LogP) is 4.40. The van der Waals surface area contributed by atoms with Crippen LogP contribution in [0.15, 0.2) is 11.8 Å². The minimum absolute atomic E-state index is 0.434. The molecule has 2 nitrogen and oxygen atoms in total. The van der Waals surface area contributed by atoms with Gasteiger partial charge in [0.1, 0.15) is 18.8 Å². The average molecular weight is 306 g/mol. The summed E-state index contributed by atoms with van der Waals surface area (Å²) in [5, 5.41) is 0. The SMILES string of the molecule is CCCC(C)C(C)C[N+]1=CC=C(OCC(F)(F)F)CCC1. The first-order valence-corrected chi connectivity index (χ1v) is 7.79. The highest BCUT2D eigenvalue weighted by atomic mass is 19.4. The van der Waals surface area contributed by atoms with Crippen LogP contribution in [0.2, 0.25) is 0 Å². The molecule has 0 N–H and O–H groups in total. The molecule has 0 spiro atoms. The summed E-state index contributed by atoms with van der Waals surface area (Å²) < 4.78 is 43.5. The maximum atomic E-state index is 12.1. The van der Waals surface area contributed by atoms with Crippen molar-refractivity contribution < 1.29 is 22.5 Å². The molecule has 1 heterocycles. The third-order valence-electron chi connectivity index (χ3n) is 4.00. The molecule has 0 bridgehead atoms. The Morgan fingerprint density at radius 1 is 1.29 bits per heavy atom. The van der Waals surface area contributed by atoms with Crippen LogP contribution in [0.25, 0.3) is 0 Å². The smallest absolute Gasteiger partial charge is 0.422 e. The molecule has 0 aromatic carbocycles. The van der Waals surface area contributed by atoms with E-state index in [2.05, 4.69) is 25.3 Å². The highest BCUT2D eigenvalue weighted by molar-refractivity contribution is 5.67. The van der Waals surface area contributed by atoms with E-state index in [4.69, 9.17) is 4.74 Å². The van der Waals surface area contributed by atoms with Gasteiger partial charge in [0, 0.05) is 24.8 Å². The molecule has 2 atom stereocenters. The summed E-state index contributed by atoms with van der Waals surface area (Å²) >= 11 is 0. The van der Waals surface area contributed by atoms with Gasteiger partial charge in [-0.2, -0.15) is 13.2 Å². The average Bonchev–Trinajstić information content (AvgIpc) is 2.61. The Labute approximate surface area is 125 Å². The summed E-state index contributed by atoms with van der Waals surface area (Å²) in [6.07, 6.45) is 3.10. The van der Waals surface area contributed by atoms with Gasteiger partial charge < -0.3 is 4.74 Å². The molecule has 21 heavy (non-hydrogen) atoms. The van der Waals surface area contributed by atoms with Gasteiger partial charge in [-0.3, -0.25) is 0 Å². The van der Waals surface area contributed by atoms with Crippen LogP contribution >= 0.6 is 0 Å². The van der Waals surface area contributed by atoms with E-state index in [0.717, 1.165) is 19.5 Å². The predicted molar refractivity (Wildman–Crippen MR) is 78.6 cm³/mol. The number of rotatable bonds is 7. The Morgan fingerprint density at radius 2 is 2.00 bits per heavy atom. The van der Waals surface area contributed by atoms with E-state index < -0.39 is 12.8 Å². The molecule has 122 valence electrons. The van der Waals surface area contributed by atoms with E-state index in [9.17, 15) is 13.2 Å². The van der Waals surface area contributed by atoms with Crippen molar-refractivity contribution in [1.29, 1.82) is 0 Å². The van der Waals surface area contributed by atoms with E-state index in [0.29, 0.717) is 24.0 Å². The van der Waals surface area contributed by atoms with Crippen molar-refractivity contribution in [1.82, 2.24) is 0 Å². The largest absolute Gasteiger partial charge is 0.488 e. The lowest BCUT2D eigenvalue weighted by Crippen LogP contribution is -2.24. The molecule has 2 unspecified atom stereocenters. The lowest BCUT2D eigenvalue weighted by Gasteiger charge is -2.17. The number of hydrogen-bond donors (Lipinski definition) is 0. The summed E-state index contributed by atoms with van der Waals surface area (Å²) in [4.78, 5) is 0. The monoisotopic (exact) mass is 306 g/mol. The lowest BCUT2D eigenvalue weighted by atomic mass is 9.91. The fraction of sp³-hybridized carbons (Fsp3) is 0.812. The molecule has 0 amide bonds. The van der Waals surface area contributed by atoms with E-state index in [1.807, 2.05) is 6.21 Å². The normalized spacial score (nSPS) is 19.3. The van der Waals surface area contributed by atoms with E-state index in [-0.39, 0.29) is 0 Å². The zero-order valence-corrected chi connectivity index (χ0v) is 13.2. The van der Waals surface area contributed by atoms with Gasteiger partial charge >= 0.3 is 6.18 Å². The topological polar surface area (TPSA) is 12.2 Å². The Morgan fingerprint density at radius 3 is 2.62 bits per heavy atom. The zero-order chi connectivity index (χ0) is 15.9. The molecule has 0 aliphatic carbocycles. The lowest BCUT2D eigenvalue weighted by molar-refractivity contribution is -0.530. The van der Waals surface area contributed by atoms with Crippen molar-refractivity contribution in [2.45, 2.75) is 52.6 Å². The van der Waals surface area contributed by atoms with Gasteiger partial charge in [0.2, 0.25) is 0 Å². The number of alkyl halides is 3. The number of nitrogens with zero attached hydrogens (tertiary/aromatic N) is 1. The quantitative estimate of drug-likeness (QED) is 0.635. The number of ether oxygens (including phenoxy) is 1. The zero-order valence-electron chi connectivity index (χ0n) is 13.2. The number of hydrogen-bond acceptors (Lipinski definition) is 1. The maximum absolute atomic E-state index is 12.1. The molecule has 0 saturated heterocycles. The van der Waals surface area contributed by atoms with Crippen molar-refractivity contribution in [3.63, 3.8) is 0 Å². The second-order valence-corrected chi connectivity index (χ2v) is 6.03. The molecule has 0 radical (unpaired) electrons. The summed E-state index contributed by atoms with van der Waals surface area (Å²) in [6, 6.07) is 0. The molecule has 0 aromatic heterocycles. The summed E-state index contributed by atoms with van der Waals surface area (Å²) in [7, 11) is 0. The Bertz CT molecular complexity index is 374. The first kappa shape index (κ1) is 18.1. The molecular formula is C16H27F3NO+. The molecule has 0 fully saturated rings. The van der Waals surface area contributed by atoms with Crippen LogP contribution in [-0.2, 0) is 4.74 Å². The van der Waals surface area contributed by atoms with Gasteiger partial charge in [-0.15, -0.1) is 0 Å². The van der Waals surface area contributed by atoms with Crippen molar-refractivity contribution in [3.05, 3.63) is 11.8 Å². The van der Waals surface area contributed by atoms with Crippen molar-refractivity contribution in [3.8, 4) is 0 Å². The molecule has 5 heteroatoms. The minimum Gasteiger partial charge on any atom is -0.488 e. The summed E-state index contributed by atoms with van der Waals surface area (Å²) in [6.45, 7) is 7.32. The van der Waals surface area contributed by atoms with Crippen LogP contribution < -0.4 is 0 Å². The summed E-state index contributed by atoms with van der Waals surface area (Å²) in [5.41, 5.74) is 0. The van der Waals surface area contributed by atoms with E-state index >= 15 is 0 Å². The van der Waals surface area contributed by atoms with Crippen molar-refractivity contribution in [2.75, 3.05) is 19.7 Å². The molecule has 1 aliphatic heterocycles. The molecular weight excluding hydrogens is 279 g/mol.